The summed E-state index contributed by atoms with van der Waals surface area (Å²) in [5.74, 6) is 0.803. The Morgan fingerprint density at radius 3 is 3.06 bits per heavy atom. The maximum atomic E-state index is 12.4. The first-order chi connectivity index (χ1) is 8.70. The van der Waals surface area contributed by atoms with E-state index < -0.39 is 0 Å². The second-order valence-electron chi connectivity index (χ2n) is 5.17. The van der Waals surface area contributed by atoms with E-state index in [1.54, 1.807) is 6.07 Å². The molecule has 0 bridgehead atoms. The fourth-order valence-corrected chi connectivity index (χ4v) is 2.75. The zero-order chi connectivity index (χ0) is 13.0. The maximum absolute atomic E-state index is 12.4. The number of hydrogen-bond donors (Lipinski definition) is 1. The number of anilines is 1. The SMILES string of the molecule is CCC[C@@H]1CCCN(C(=O)c2cccc(N)c2)C1. The summed E-state index contributed by atoms with van der Waals surface area (Å²) in [5, 5.41) is 0. The van der Waals surface area contributed by atoms with Crippen molar-refractivity contribution in [1.82, 2.24) is 4.90 Å². The third-order valence-corrected chi connectivity index (χ3v) is 3.64. The van der Waals surface area contributed by atoms with Crippen molar-refractivity contribution in [2.75, 3.05) is 18.8 Å². The smallest absolute Gasteiger partial charge is 0.253 e. The maximum Gasteiger partial charge on any atom is 0.253 e. The molecule has 0 radical (unpaired) electrons. The molecule has 1 aliphatic rings. The summed E-state index contributed by atoms with van der Waals surface area (Å²) < 4.78 is 0. The van der Waals surface area contributed by atoms with Crippen LogP contribution in [0.1, 0.15) is 43.0 Å². The van der Waals surface area contributed by atoms with Crippen LogP contribution in [0.4, 0.5) is 5.69 Å². The third kappa shape index (κ3) is 3.03. The number of amides is 1. The summed E-state index contributed by atoms with van der Waals surface area (Å²) >= 11 is 0. The zero-order valence-corrected chi connectivity index (χ0v) is 11.1. The Morgan fingerprint density at radius 2 is 2.33 bits per heavy atom. The Morgan fingerprint density at radius 1 is 1.50 bits per heavy atom. The molecule has 0 aromatic heterocycles. The number of carbonyl (C=O) groups excluding carboxylic acids is 1. The van der Waals surface area contributed by atoms with E-state index in [1.807, 2.05) is 23.1 Å². The van der Waals surface area contributed by atoms with E-state index in [0.717, 1.165) is 19.5 Å². The van der Waals surface area contributed by atoms with E-state index in [1.165, 1.54) is 19.3 Å². The number of hydrogen-bond acceptors (Lipinski definition) is 2. The van der Waals surface area contributed by atoms with Gasteiger partial charge in [-0.3, -0.25) is 4.79 Å². The number of nitrogen functional groups attached to an aromatic ring is 1. The molecule has 0 saturated carbocycles. The third-order valence-electron chi connectivity index (χ3n) is 3.64. The number of nitrogens with two attached hydrogens (primary N) is 1. The second kappa shape index (κ2) is 5.89. The molecule has 3 nitrogen and oxygen atoms in total. The van der Waals surface area contributed by atoms with Gasteiger partial charge in [-0.15, -0.1) is 0 Å². The summed E-state index contributed by atoms with van der Waals surface area (Å²) in [6.07, 6.45) is 4.80. The first kappa shape index (κ1) is 12.9. The topological polar surface area (TPSA) is 46.3 Å². The van der Waals surface area contributed by atoms with E-state index in [2.05, 4.69) is 6.92 Å². The minimum absolute atomic E-state index is 0.128. The molecular weight excluding hydrogens is 224 g/mol. The Kier molecular flexibility index (Phi) is 4.24. The molecule has 3 heteroatoms. The van der Waals surface area contributed by atoms with Crippen LogP contribution in [0.5, 0.6) is 0 Å². The van der Waals surface area contributed by atoms with Crippen molar-refractivity contribution in [2.45, 2.75) is 32.6 Å². The molecule has 0 aliphatic carbocycles. The molecule has 2 N–H and O–H groups in total. The van der Waals surface area contributed by atoms with Crippen LogP contribution in [-0.2, 0) is 0 Å². The average Bonchev–Trinajstić information content (AvgIpc) is 2.39. The fraction of sp³-hybridized carbons (Fsp3) is 0.533. The molecule has 1 heterocycles. The fourth-order valence-electron chi connectivity index (χ4n) is 2.75. The minimum atomic E-state index is 0.128. The van der Waals surface area contributed by atoms with E-state index in [-0.39, 0.29) is 5.91 Å². The standard InChI is InChI=1S/C15H22N2O/c1-2-5-12-6-4-9-17(11-12)15(18)13-7-3-8-14(16)10-13/h3,7-8,10,12H,2,4-6,9,11,16H2,1H3/t12-/m1/s1. The van der Waals surface area contributed by atoms with Crippen LogP contribution in [0.2, 0.25) is 0 Å². The van der Waals surface area contributed by atoms with Gasteiger partial charge in [0.1, 0.15) is 0 Å². The van der Waals surface area contributed by atoms with Crippen LogP contribution in [0.25, 0.3) is 0 Å². The number of rotatable bonds is 3. The number of carbonyl (C=O) groups is 1. The monoisotopic (exact) mass is 246 g/mol. The molecule has 1 aromatic rings. The molecule has 1 fully saturated rings. The molecular formula is C15H22N2O. The Labute approximate surface area is 109 Å². The summed E-state index contributed by atoms with van der Waals surface area (Å²) in [7, 11) is 0. The van der Waals surface area contributed by atoms with Crippen LogP contribution >= 0.6 is 0 Å². The molecule has 1 atom stereocenters. The molecule has 0 spiro atoms. The predicted molar refractivity (Wildman–Crippen MR) is 74.4 cm³/mol. The molecule has 1 saturated heterocycles. The summed E-state index contributed by atoms with van der Waals surface area (Å²) in [4.78, 5) is 14.4. The minimum Gasteiger partial charge on any atom is -0.399 e. The van der Waals surface area contributed by atoms with Gasteiger partial charge in [-0.25, -0.2) is 0 Å². The quantitative estimate of drug-likeness (QED) is 0.833. The first-order valence-electron chi connectivity index (χ1n) is 6.85. The van der Waals surface area contributed by atoms with Crippen molar-refractivity contribution in [1.29, 1.82) is 0 Å². The largest absolute Gasteiger partial charge is 0.399 e. The molecule has 1 aromatic carbocycles. The van der Waals surface area contributed by atoms with Gasteiger partial charge in [0.05, 0.1) is 0 Å². The van der Waals surface area contributed by atoms with E-state index in [9.17, 15) is 4.79 Å². The van der Waals surface area contributed by atoms with E-state index >= 15 is 0 Å². The molecule has 2 rings (SSSR count). The van der Waals surface area contributed by atoms with Crippen molar-refractivity contribution in [2.24, 2.45) is 5.92 Å². The highest BCUT2D eigenvalue weighted by atomic mass is 16.2. The Bertz CT molecular complexity index is 415. The number of likely N-dealkylation sites (tertiary alicyclic amines) is 1. The zero-order valence-electron chi connectivity index (χ0n) is 11.1. The Balaban J connectivity index is 2.04. The molecule has 98 valence electrons. The highest BCUT2D eigenvalue weighted by molar-refractivity contribution is 5.95. The molecule has 0 unspecified atom stereocenters. The molecule has 1 amide bonds. The van der Waals surface area contributed by atoms with Crippen molar-refractivity contribution in [3.05, 3.63) is 29.8 Å². The second-order valence-corrected chi connectivity index (χ2v) is 5.17. The number of benzene rings is 1. The lowest BCUT2D eigenvalue weighted by molar-refractivity contribution is 0.0667. The van der Waals surface area contributed by atoms with Gasteiger partial charge in [-0.1, -0.05) is 19.4 Å². The van der Waals surface area contributed by atoms with Gasteiger partial charge in [-0.2, -0.15) is 0 Å². The average molecular weight is 246 g/mol. The van der Waals surface area contributed by atoms with Crippen molar-refractivity contribution < 1.29 is 4.79 Å². The number of piperidine rings is 1. The van der Waals surface area contributed by atoms with Gasteiger partial charge in [-0.05, 0) is 43.4 Å². The van der Waals surface area contributed by atoms with Gasteiger partial charge < -0.3 is 10.6 Å². The summed E-state index contributed by atoms with van der Waals surface area (Å²) in [6.45, 7) is 3.99. The molecule has 18 heavy (non-hydrogen) atoms. The van der Waals surface area contributed by atoms with Gasteiger partial charge in [0, 0.05) is 24.3 Å². The highest BCUT2D eigenvalue weighted by Gasteiger charge is 2.23. The Hall–Kier alpha value is -1.51. The first-order valence-corrected chi connectivity index (χ1v) is 6.85. The summed E-state index contributed by atoms with van der Waals surface area (Å²) in [6, 6.07) is 7.27. The van der Waals surface area contributed by atoms with Gasteiger partial charge in [0.2, 0.25) is 0 Å². The van der Waals surface area contributed by atoms with Crippen molar-refractivity contribution >= 4 is 11.6 Å². The lowest BCUT2D eigenvalue weighted by Crippen LogP contribution is -2.39. The lowest BCUT2D eigenvalue weighted by Gasteiger charge is -2.32. The van der Waals surface area contributed by atoms with Crippen LogP contribution in [0.3, 0.4) is 0 Å². The van der Waals surface area contributed by atoms with Gasteiger partial charge in [0.15, 0.2) is 0 Å². The van der Waals surface area contributed by atoms with E-state index in [0.29, 0.717) is 17.2 Å². The molecule has 1 aliphatic heterocycles. The van der Waals surface area contributed by atoms with Gasteiger partial charge >= 0.3 is 0 Å². The van der Waals surface area contributed by atoms with E-state index in [4.69, 9.17) is 5.73 Å². The van der Waals surface area contributed by atoms with Crippen molar-refractivity contribution in [3.8, 4) is 0 Å². The van der Waals surface area contributed by atoms with Crippen LogP contribution in [0, 0.1) is 5.92 Å². The van der Waals surface area contributed by atoms with Gasteiger partial charge in [0.25, 0.3) is 5.91 Å². The van der Waals surface area contributed by atoms with Crippen molar-refractivity contribution in [3.63, 3.8) is 0 Å². The van der Waals surface area contributed by atoms with Crippen LogP contribution < -0.4 is 5.73 Å². The highest BCUT2D eigenvalue weighted by Crippen LogP contribution is 2.22. The van der Waals surface area contributed by atoms with Crippen LogP contribution in [-0.4, -0.2) is 23.9 Å². The van der Waals surface area contributed by atoms with Crippen LogP contribution in [0.15, 0.2) is 24.3 Å². The predicted octanol–water partition coefficient (Wildman–Crippen LogP) is 2.92. The number of nitrogens with zero attached hydrogens (tertiary/aromatic N) is 1. The summed E-state index contributed by atoms with van der Waals surface area (Å²) in [5.41, 5.74) is 7.10. The normalized spacial score (nSPS) is 19.8. The lowest BCUT2D eigenvalue weighted by atomic mass is 9.93.